The van der Waals surface area contributed by atoms with Gasteiger partial charge in [0.2, 0.25) is 0 Å². The highest BCUT2D eigenvalue weighted by atomic mass is 32.2. The number of hydrogen-bond donors (Lipinski definition) is 1. The molecule has 1 aliphatic rings. The van der Waals surface area contributed by atoms with Gasteiger partial charge in [-0.2, -0.15) is 0 Å². The van der Waals surface area contributed by atoms with Crippen LogP contribution >= 0.6 is 0 Å². The molecule has 0 aliphatic carbocycles. The van der Waals surface area contributed by atoms with Crippen LogP contribution in [0.15, 0.2) is 24.4 Å². The maximum atomic E-state index is 11.7. The van der Waals surface area contributed by atoms with Gasteiger partial charge in [-0.1, -0.05) is 0 Å². The van der Waals surface area contributed by atoms with Gasteiger partial charge in [-0.3, -0.25) is 4.98 Å². The van der Waals surface area contributed by atoms with Gasteiger partial charge in [-0.15, -0.1) is 0 Å². The standard InChI is InChI=1S/C15H19N3O2S/c1-10-7-12-13(8-17-10)14(16)3-4-15(12)18(2)11-5-6-21(19,20)9-11/h3-4,7-8,11H,5-6,9,16H2,1-2H3. The third-order valence-electron chi connectivity index (χ3n) is 4.18. The van der Waals surface area contributed by atoms with E-state index in [-0.39, 0.29) is 17.5 Å². The fraction of sp³-hybridized carbons (Fsp3) is 0.400. The van der Waals surface area contributed by atoms with Crippen molar-refractivity contribution in [1.82, 2.24) is 4.98 Å². The van der Waals surface area contributed by atoms with Crippen LogP contribution in [0.25, 0.3) is 10.8 Å². The van der Waals surface area contributed by atoms with Gasteiger partial charge in [-0.05, 0) is 31.5 Å². The molecule has 2 aromatic rings. The third kappa shape index (κ3) is 2.55. The Morgan fingerprint density at radius 1 is 1.33 bits per heavy atom. The smallest absolute Gasteiger partial charge is 0.152 e. The predicted octanol–water partition coefficient (Wildman–Crippen LogP) is 1.75. The lowest BCUT2D eigenvalue weighted by Gasteiger charge is -2.27. The SMILES string of the molecule is Cc1cc2c(N(C)C3CCS(=O)(=O)C3)ccc(N)c2cn1. The molecule has 0 saturated carbocycles. The van der Waals surface area contributed by atoms with Crippen LogP contribution in [0.4, 0.5) is 11.4 Å². The van der Waals surface area contributed by atoms with Crippen LogP contribution in [0.2, 0.25) is 0 Å². The van der Waals surface area contributed by atoms with Crippen molar-refractivity contribution in [2.24, 2.45) is 0 Å². The summed E-state index contributed by atoms with van der Waals surface area (Å²) < 4.78 is 23.4. The summed E-state index contributed by atoms with van der Waals surface area (Å²) in [6, 6.07) is 5.84. The van der Waals surface area contributed by atoms with Gasteiger partial charge >= 0.3 is 0 Å². The maximum Gasteiger partial charge on any atom is 0.152 e. The Morgan fingerprint density at radius 3 is 2.76 bits per heavy atom. The van der Waals surface area contributed by atoms with Crippen LogP contribution in [0, 0.1) is 6.92 Å². The minimum atomic E-state index is -2.90. The van der Waals surface area contributed by atoms with E-state index in [0.29, 0.717) is 12.1 Å². The van der Waals surface area contributed by atoms with E-state index in [0.717, 1.165) is 22.2 Å². The molecule has 6 heteroatoms. The van der Waals surface area contributed by atoms with Crippen LogP contribution in [-0.2, 0) is 9.84 Å². The molecule has 21 heavy (non-hydrogen) atoms. The highest BCUT2D eigenvalue weighted by Crippen LogP contribution is 2.33. The molecule has 2 N–H and O–H groups in total. The minimum absolute atomic E-state index is 0.0234. The monoisotopic (exact) mass is 305 g/mol. The van der Waals surface area contributed by atoms with Crippen molar-refractivity contribution in [1.29, 1.82) is 0 Å². The van der Waals surface area contributed by atoms with Gasteiger partial charge < -0.3 is 10.6 Å². The molecule has 3 rings (SSSR count). The summed E-state index contributed by atoms with van der Waals surface area (Å²) in [6.45, 7) is 1.94. The Balaban J connectivity index is 2.08. The minimum Gasteiger partial charge on any atom is -0.398 e. The van der Waals surface area contributed by atoms with E-state index in [1.165, 1.54) is 0 Å². The van der Waals surface area contributed by atoms with E-state index in [4.69, 9.17) is 5.73 Å². The van der Waals surface area contributed by atoms with E-state index in [1.54, 1.807) is 6.20 Å². The number of fused-ring (bicyclic) bond motifs is 1. The van der Waals surface area contributed by atoms with Crippen molar-refractivity contribution >= 4 is 32.0 Å². The number of hydrogen-bond acceptors (Lipinski definition) is 5. The molecule has 0 spiro atoms. The number of benzene rings is 1. The molecule has 5 nitrogen and oxygen atoms in total. The molecule has 1 aromatic carbocycles. The van der Waals surface area contributed by atoms with Crippen molar-refractivity contribution in [2.45, 2.75) is 19.4 Å². The molecule has 112 valence electrons. The number of nitrogens with zero attached hydrogens (tertiary/aromatic N) is 2. The number of anilines is 2. The average Bonchev–Trinajstić information content (AvgIpc) is 2.79. The fourth-order valence-corrected chi connectivity index (χ4v) is 4.71. The molecule has 1 fully saturated rings. The van der Waals surface area contributed by atoms with Gasteiger partial charge in [0, 0.05) is 47.1 Å². The molecule has 2 heterocycles. The van der Waals surface area contributed by atoms with Crippen molar-refractivity contribution < 1.29 is 8.42 Å². The zero-order valence-electron chi connectivity index (χ0n) is 12.2. The lowest BCUT2D eigenvalue weighted by atomic mass is 10.1. The summed E-state index contributed by atoms with van der Waals surface area (Å²) in [4.78, 5) is 6.36. The Morgan fingerprint density at radius 2 is 2.10 bits per heavy atom. The van der Waals surface area contributed by atoms with Crippen LogP contribution in [-0.4, -0.2) is 38.0 Å². The van der Waals surface area contributed by atoms with Gasteiger partial charge in [0.1, 0.15) is 0 Å². The van der Waals surface area contributed by atoms with Crippen LogP contribution in [0.1, 0.15) is 12.1 Å². The molecule has 1 aliphatic heterocycles. The first-order valence-electron chi connectivity index (χ1n) is 6.95. The molecule has 1 unspecified atom stereocenters. The summed E-state index contributed by atoms with van der Waals surface area (Å²) in [7, 11) is -0.946. The van der Waals surface area contributed by atoms with E-state index >= 15 is 0 Å². The number of nitrogen functional groups attached to an aromatic ring is 1. The second-order valence-electron chi connectivity index (χ2n) is 5.71. The van der Waals surface area contributed by atoms with E-state index in [9.17, 15) is 8.42 Å². The highest BCUT2D eigenvalue weighted by Gasteiger charge is 2.31. The van der Waals surface area contributed by atoms with Crippen molar-refractivity contribution in [3.8, 4) is 0 Å². The maximum absolute atomic E-state index is 11.7. The highest BCUT2D eigenvalue weighted by molar-refractivity contribution is 7.91. The molecule has 0 amide bonds. The molecule has 0 bridgehead atoms. The Hall–Kier alpha value is -1.82. The van der Waals surface area contributed by atoms with Gasteiger partial charge in [0.05, 0.1) is 11.5 Å². The number of aryl methyl sites for hydroxylation is 1. The summed E-state index contributed by atoms with van der Waals surface area (Å²) >= 11 is 0. The van der Waals surface area contributed by atoms with Crippen LogP contribution in [0.5, 0.6) is 0 Å². The molecule has 0 radical (unpaired) electrons. The van der Waals surface area contributed by atoms with Gasteiger partial charge in [0.15, 0.2) is 9.84 Å². The number of aromatic nitrogens is 1. The fourth-order valence-electron chi connectivity index (χ4n) is 2.94. The van der Waals surface area contributed by atoms with Crippen molar-refractivity contribution in [2.75, 3.05) is 29.2 Å². The third-order valence-corrected chi connectivity index (χ3v) is 5.93. The van der Waals surface area contributed by atoms with Gasteiger partial charge in [0.25, 0.3) is 0 Å². The first kappa shape index (κ1) is 14.1. The summed E-state index contributed by atoms with van der Waals surface area (Å²) in [6.07, 6.45) is 2.46. The number of pyridine rings is 1. The lowest BCUT2D eigenvalue weighted by molar-refractivity contribution is 0.601. The summed E-state index contributed by atoms with van der Waals surface area (Å²) in [5, 5.41) is 1.93. The second kappa shape index (κ2) is 4.87. The zero-order valence-corrected chi connectivity index (χ0v) is 13.0. The lowest BCUT2D eigenvalue weighted by Crippen LogP contribution is -2.32. The van der Waals surface area contributed by atoms with E-state index in [1.807, 2.05) is 32.2 Å². The Labute approximate surface area is 124 Å². The Kier molecular flexibility index (Phi) is 3.28. The normalized spacial score (nSPS) is 20.8. The average molecular weight is 305 g/mol. The van der Waals surface area contributed by atoms with E-state index in [2.05, 4.69) is 9.88 Å². The largest absolute Gasteiger partial charge is 0.398 e. The van der Waals surface area contributed by atoms with Crippen molar-refractivity contribution in [3.05, 3.63) is 30.1 Å². The van der Waals surface area contributed by atoms with E-state index < -0.39 is 9.84 Å². The molecule has 1 aromatic heterocycles. The predicted molar refractivity (Wildman–Crippen MR) is 86.4 cm³/mol. The van der Waals surface area contributed by atoms with Gasteiger partial charge in [-0.25, -0.2) is 8.42 Å². The van der Waals surface area contributed by atoms with Crippen LogP contribution < -0.4 is 10.6 Å². The van der Waals surface area contributed by atoms with Crippen LogP contribution in [0.3, 0.4) is 0 Å². The number of nitrogens with two attached hydrogens (primary N) is 1. The topological polar surface area (TPSA) is 76.3 Å². The second-order valence-corrected chi connectivity index (χ2v) is 7.94. The first-order chi connectivity index (χ1) is 9.87. The summed E-state index contributed by atoms with van der Waals surface area (Å²) in [5.74, 6) is 0.495. The molecule has 1 atom stereocenters. The van der Waals surface area contributed by atoms with Crippen molar-refractivity contribution in [3.63, 3.8) is 0 Å². The molecular weight excluding hydrogens is 286 g/mol. The molecule has 1 saturated heterocycles. The number of sulfone groups is 1. The Bertz CT molecular complexity index is 802. The zero-order chi connectivity index (χ0) is 15.2. The quantitative estimate of drug-likeness (QED) is 0.855. The molecular formula is C15H19N3O2S. The first-order valence-corrected chi connectivity index (χ1v) is 8.77. The summed E-state index contributed by atoms with van der Waals surface area (Å²) in [5.41, 5.74) is 8.63. The number of rotatable bonds is 2.